The highest BCUT2D eigenvalue weighted by molar-refractivity contribution is 7.99. The number of ketones is 1. The van der Waals surface area contributed by atoms with Crippen LogP contribution in [-0.4, -0.2) is 39.7 Å². The first-order chi connectivity index (χ1) is 15.0. The lowest BCUT2D eigenvalue weighted by atomic mass is 10.1. The second-order valence-corrected chi connectivity index (χ2v) is 8.38. The minimum Gasteiger partial charge on any atom is -0.376 e. The van der Waals surface area contributed by atoms with Gasteiger partial charge in [-0.2, -0.15) is 0 Å². The summed E-state index contributed by atoms with van der Waals surface area (Å²) in [6, 6.07) is 14.0. The van der Waals surface area contributed by atoms with Gasteiger partial charge in [-0.1, -0.05) is 36.0 Å². The van der Waals surface area contributed by atoms with Gasteiger partial charge in [0, 0.05) is 17.9 Å². The molecule has 31 heavy (non-hydrogen) atoms. The van der Waals surface area contributed by atoms with Crippen molar-refractivity contribution in [1.29, 1.82) is 0 Å². The number of fused-ring (bicyclic) bond motifs is 1. The summed E-state index contributed by atoms with van der Waals surface area (Å²) in [5, 5.41) is 3.84. The molecular formula is C23H23N3O4S. The van der Waals surface area contributed by atoms with Crippen LogP contribution in [0.3, 0.4) is 0 Å². The van der Waals surface area contributed by atoms with E-state index in [4.69, 9.17) is 4.74 Å². The lowest BCUT2D eigenvalue weighted by molar-refractivity contribution is -0.113. The molecule has 4 rings (SSSR count). The van der Waals surface area contributed by atoms with Crippen molar-refractivity contribution >= 4 is 40.0 Å². The molecule has 0 saturated carbocycles. The summed E-state index contributed by atoms with van der Waals surface area (Å²) in [5.74, 6) is -0.221. The topological polar surface area (TPSA) is 90.3 Å². The van der Waals surface area contributed by atoms with E-state index in [1.807, 2.05) is 12.1 Å². The minimum absolute atomic E-state index is 0.0249. The number of Topliss-reactive ketones (excluding diaryl/α,β-unsaturated/α-hetero) is 1. The first kappa shape index (κ1) is 21.3. The van der Waals surface area contributed by atoms with Crippen molar-refractivity contribution in [2.75, 3.05) is 17.7 Å². The van der Waals surface area contributed by atoms with Crippen LogP contribution < -0.4 is 10.9 Å². The Hall–Kier alpha value is -2.97. The molecule has 2 aromatic carbocycles. The van der Waals surface area contributed by atoms with E-state index in [1.54, 1.807) is 41.0 Å². The smallest absolute Gasteiger partial charge is 0.262 e. The number of amides is 1. The molecule has 1 N–H and O–H groups in total. The number of nitrogens with one attached hydrogen (secondary N) is 1. The van der Waals surface area contributed by atoms with E-state index in [2.05, 4.69) is 10.3 Å². The summed E-state index contributed by atoms with van der Waals surface area (Å²) >= 11 is 1.21. The van der Waals surface area contributed by atoms with E-state index in [0.717, 1.165) is 12.8 Å². The summed E-state index contributed by atoms with van der Waals surface area (Å²) < 4.78 is 7.33. The van der Waals surface area contributed by atoms with E-state index in [-0.39, 0.29) is 29.1 Å². The maximum Gasteiger partial charge on any atom is 0.262 e. The molecule has 8 heteroatoms. The fourth-order valence-electron chi connectivity index (χ4n) is 3.55. The summed E-state index contributed by atoms with van der Waals surface area (Å²) in [5.41, 5.74) is 1.57. The Bertz CT molecular complexity index is 1180. The first-order valence-corrected chi connectivity index (χ1v) is 11.1. The second kappa shape index (κ2) is 9.45. The summed E-state index contributed by atoms with van der Waals surface area (Å²) in [4.78, 5) is 41.8. The summed E-state index contributed by atoms with van der Waals surface area (Å²) in [6.07, 6.45) is 1.85. The average Bonchev–Trinajstić information content (AvgIpc) is 3.28. The Morgan fingerprint density at radius 2 is 2.06 bits per heavy atom. The number of rotatable bonds is 7. The van der Waals surface area contributed by atoms with Crippen LogP contribution in [0, 0.1) is 0 Å². The van der Waals surface area contributed by atoms with E-state index >= 15 is 0 Å². The largest absolute Gasteiger partial charge is 0.376 e. The highest BCUT2D eigenvalue weighted by atomic mass is 32.2. The number of thioether (sulfide) groups is 1. The monoisotopic (exact) mass is 437 g/mol. The quantitative estimate of drug-likeness (QED) is 0.346. The zero-order chi connectivity index (χ0) is 21.8. The molecule has 1 fully saturated rings. The van der Waals surface area contributed by atoms with Gasteiger partial charge in [-0.25, -0.2) is 4.98 Å². The predicted octanol–water partition coefficient (Wildman–Crippen LogP) is 3.51. The normalized spacial score (nSPS) is 15.8. The molecule has 0 spiro atoms. The third kappa shape index (κ3) is 5.03. The number of aromatic nitrogens is 2. The molecule has 1 aromatic heterocycles. The first-order valence-electron chi connectivity index (χ1n) is 10.2. The van der Waals surface area contributed by atoms with Gasteiger partial charge in [0.25, 0.3) is 5.56 Å². The van der Waals surface area contributed by atoms with Crippen molar-refractivity contribution in [3.05, 3.63) is 64.4 Å². The highest BCUT2D eigenvalue weighted by Crippen LogP contribution is 2.21. The summed E-state index contributed by atoms with van der Waals surface area (Å²) in [7, 11) is 0. The third-order valence-electron chi connectivity index (χ3n) is 5.12. The number of benzene rings is 2. The third-order valence-corrected chi connectivity index (χ3v) is 6.10. The van der Waals surface area contributed by atoms with Crippen LogP contribution in [0.4, 0.5) is 5.69 Å². The average molecular weight is 438 g/mol. The van der Waals surface area contributed by atoms with Crippen molar-refractivity contribution in [1.82, 2.24) is 9.55 Å². The summed E-state index contributed by atoms with van der Waals surface area (Å²) in [6.45, 7) is 2.60. The zero-order valence-electron chi connectivity index (χ0n) is 17.2. The molecule has 1 aliphatic rings. The van der Waals surface area contributed by atoms with E-state index < -0.39 is 0 Å². The van der Waals surface area contributed by atoms with E-state index in [1.165, 1.54) is 18.7 Å². The van der Waals surface area contributed by atoms with E-state index in [0.29, 0.717) is 40.5 Å². The fourth-order valence-corrected chi connectivity index (χ4v) is 4.36. The van der Waals surface area contributed by atoms with Crippen LogP contribution in [0.25, 0.3) is 10.9 Å². The molecule has 0 radical (unpaired) electrons. The van der Waals surface area contributed by atoms with Gasteiger partial charge in [-0.15, -0.1) is 0 Å². The maximum absolute atomic E-state index is 13.1. The van der Waals surface area contributed by atoms with E-state index in [9.17, 15) is 14.4 Å². The Balaban J connectivity index is 1.54. The molecule has 3 aromatic rings. The van der Waals surface area contributed by atoms with Crippen LogP contribution in [0.1, 0.15) is 30.1 Å². The number of para-hydroxylation sites is 1. The highest BCUT2D eigenvalue weighted by Gasteiger charge is 2.20. The number of carbonyl (C=O) groups is 2. The van der Waals surface area contributed by atoms with Crippen LogP contribution in [0.5, 0.6) is 0 Å². The Morgan fingerprint density at radius 3 is 2.84 bits per heavy atom. The molecular weight excluding hydrogens is 414 g/mol. The number of carbonyl (C=O) groups excluding carboxylic acids is 2. The van der Waals surface area contributed by atoms with Gasteiger partial charge in [-0.05, 0) is 44.0 Å². The van der Waals surface area contributed by atoms with Gasteiger partial charge in [0.05, 0.1) is 29.3 Å². The molecule has 0 aliphatic carbocycles. The molecule has 2 heterocycles. The van der Waals surface area contributed by atoms with Crippen molar-refractivity contribution in [2.45, 2.75) is 37.6 Å². The van der Waals surface area contributed by atoms with Gasteiger partial charge >= 0.3 is 0 Å². The Morgan fingerprint density at radius 1 is 1.23 bits per heavy atom. The number of hydrogen-bond donors (Lipinski definition) is 1. The molecule has 1 atom stereocenters. The van der Waals surface area contributed by atoms with Crippen molar-refractivity contribution in [3.63, 3.8) is 0 Å². The van der Waals surface area contributed by atoms with Crippen molar-refractivity contribution in [2.24, 2.45) is 0 Å². The Kier molecular flexibility index (Phi) is 6.48. The molecule has 1 saturated heterocycles. The molecule has 160 valence electrons. The lowest BCUT2D eigenvalue weighted by Crippen LogP contribution is -2.29. The number of ether oxygens (including phenoxy) is 1. The number of nitrogens with zero attached hydrogens (tertiary/aromatic N) is 2. The molecule has 0 bridgehead atoms. The fraction of sp³-hybridized carbons (Fsp3) is 0.304. The minimum atomic E-state index is -0.239. The Labute approximate surface area is 183 Å². The van der Waals surface area contributed by atoms with Crippen molar-refractivity contribution < 1.29 is 14.3 Å². The van der Waals surface area contributed by atoms with Gasteiger partial charge < -0.3 is 10.1 Å². The zero-order valence-corrected chi connectivity index (χ0v) is 18.0. The standard InChI is InChI=1S/C23H23N3O4S/c1-15(27)16-6-4-7-17(12-16)24-21(28)14-31-23-25-20-10-3-2-9-19(20)22(29)26(23)13-18-8-5-11-30-18/h2-4,6-7,9-10,12,18H,5,8,11,13-14H2,1H3,(H,24,28). The molecule has 1 amide bonds. The molecule has 1 unspecified atom stereocenters. The number of hydrogen-bond acceptors (Lipinski definition) is 6. The van der Waals surface area contributed by atoms with Gasteiger partial charge in [0.1, 0.15) is 0 Å². The SMILES string of the molecule is CC(=O)c1cccc(NC(=O)CSc2nc3ccccc3c(=O)n2CC2CCCO2)c1. The predicted molar refractivity (Wildman–Crippen MR) is 121 cm³/mol. The second-order valence-electron chi connectivity index (χ2n) is 7.44. The van der Waals surface area contributed by atoms with Crippen molar-refractivity contribution in [3.8, 4) is 0 Å². The van der Waals surface area contributed by atoms with Gasteiger partial charge in [0.15, 0.2) is 10.9 Å². The van der Waals surface area contributed by atoms with Crippen LogP contribution >= 0.6 is 11.8 Å². The van der Waals surface area contributed by atoms with Gasteiger partial charge in [0.2, 0.25) is 5.91 Å². The number of anilines is 1. The van der Waals surface area contributed by atoms with Crippen LogP contribution in [0.15, 0.2) is 58.5 Å². The molecule has 7 nitrogen and oxygen atoms in total. The lowest BCUT2D eigenvalue weighted by Gasteiger charge is -2.16. The maximum atomic E-state index is 13.1. The van der Waals surface area contributed by atoms with Crippen LogP contribution in [-0.2, 0) is 16.1 Å². The molecule has 1 aliphatic heterocycles. The van der Waals surface area contributed by atoms with Gasteiger partial charge in [-0.3, -0.25) is 19.0 Å². The van der Waals surface area contributed by atoms with Crippen LogP contribution in [0.2, 0.25) is 0 Å².